The fourth-order valence-electron chi connectivity index (χ4n) is 3.52. The van der Waals surface area contributed by atoms with Crippen LogP contribution in [0, 0.1) is 0 Å². The van der Waals surface area contributed by atoms with Gasteiger partial charge in [0.05, 0.1) is 12.7 Å². The average Bonchev–Trinajstić information content (AvgIpc) is 3.20. The van der Waals surface area contributed by atoms with Crippen molar-refractivity contribution in [2.24, 2.45) is 0 Å². The number of fused-ring (bicyclic) bond motifs is 2. The molecule has 1 atom stereocenters. The quantitative estimate of drug-likeness (QED) is 0.373. The molecule has 2 aromatic heterocycles. The number of aromatic nitrogens is 2. The number of benzene rings is 2. The van der Waals surface area contributed by atoms with Crippen molar-refractivity contribution in [2.45, 2.75) is 13.0 Å². The van der Waals surface area contributed by atoms with E-state index in [2.05, 4.69) is 10.6 Å². The van der Waals surface area contributed by atoms with Crippen LogP contribution in [0.25, 0.3) is 27.7 Å². The number of methoxy groups -OCH3 is 1. The van der Waals surface area contributed by atoms with Crippen LogP contribution in [0.2, 0.25) is 0 Å². The number of aliphatic carboxylic acids is 1. The molecule has 4 rings (SSSR count). The summed E-state index contributed by atoms with van der Waals surface area (Å²) in [5.74, 6) is -1.66. The van der Waals surface area contributed by atoms with E-state index in [4.69, 9.17) is 14.8 Å². The molecule has 1 unspecified atom stereocenters. The molecule has 0 saturated heterocycles. The van der Waals surface area contributed by atoms with E-state index < -0.39 is 23.9 Å². The molecule has 0 radical (unpaired) electrons. The summed E-state index contributed by atoms with van der Waals surface area (Å²) in [7, 11) is 1.30. The van der Waals surface area contributed by atoms with Crippen LogP contribution >= 0.6 is 0 Å². The number of imidazole rings is 1. The van der Waals surface area contributed by atoms with Gasteiger partial charge in [0.25, 0.3) is 5.91 Å². The first-order chi connectivity index (χ1) is 15.9. The standard InChI is InChI=1S/C24H22N4O5/c1-14(24(31)32)26-23(30)18-8-5-11-28-21(18)27-20(22(28)25-13-19(29)33-2)17-10-9-15-6-3-4-7-16(15)12-17/h3-12,14,25H,13H2,1-2H3,(H,26,30)(H,31,32). The predicted molar refractivity (Wildman–Crippen MR) is 123 cm³/mol. The third-order valence-electron chi connectivity index (χ3n) is 5.26. The van der Waals surface area contributed by atoms with Crippen molar-refractivity contribution in [3.05, 3.63) is 66.4 Å². The highest BCUT2D eigenvalue weighted by atomic mass is 16.5. The van der Waals surface area contributed by atoms with Gasteiger partial charge in [-0.3, -0.25) is 18.8 Å². The lowest BCUT2D eigenvalue weighted by Crippen LogP contribution is -2.38. The molecule has 9 nitrogen and oxygen atoms in total. The van der Waals surface area contributed by atoms with Gasteiger partial charge in [0.15, 0.2) is 5.65 Å². The molecule has 0 spiro atoms. The number of carbonyl (C=O) groups excluding carboxylic acids is 2. The second-order valence-electron chi connectivity index (χ2n) is 7.45. The molecule has 0 fully saturated rings. The van der Waals surface area contributed by atoms with E-state index in [-0.39, 0.29) is 12.1 Å². The number of hydrogen-bond donors (Lipinski definition) is 3. The lowest BCUT2D eigenvalue weighted by molar-refractivity contribution is -0.139. The Balaban J connectivity index is 1.85. The highest BCUT2D eigenvalue weighted by Crippen LogP contribution is 2.32. The van der Waals surface area contributed by atoms with Crippen LogP contribution in [0.3, 0.4) is 0 Å². The zero-order valence-corrected chi connectivity index (χ0v) is 18.0. The van der Waals surface area contributed by atoms with Gasteiger partial charge in [-0.25, -0.2) is 4.98 Å². The Bertz CT molecular complexity index is 1380. The fourth-order valence-corrected chi connectivity index (χ4v) is 3.52. The number of amides is 1. The van der Waals surface area contributed by atoms with Crippen molar-refractivity contribution in [3.8, 4) is 11.3 Å². The molecular weight excluding hydrogens is 424 g/mol. The zero-order chi connectivity index (χ0) is 23.5. The van der Waals surface area contributed by atoms with Crippen LogP contribution in [0.1, 0.15) is 17.3 Å². The summed E-state index contributed by atoms with van der Waals surface area (Å²) in [6.45, 7) is 1.28. The number of nitrogens with one attached hydrogen (secondary N) is 2. The van der Waals surface area contributed by atoms with Gasteiger partial charge in [-0.15, -0.1) is 0 Å². The number of carbonyl (C=O) groups is 3. The predicted octanol–water partition coefficient (Wildman–Crippen LogP) is 2.94. The first-order valence-corrected chi connectivity index (χ1v) is 10.2. The minimum atomic E-state index is -1.14. The van der Waals surface area contributed by atoms with Gasteiger partial charge in [0.2, 0.25) is 0 Å². The number of carboxylic acid groups (broad SMARTS) is 1. The minimum absolute atomic E-state index is 0.0999. The SMILES string of the molecule is COC(=O)CNc1c(-c2ccc3ccccc3c2)nc2c(C(=O)NC(C)C(=O)O)cccn12. The molecule has 0 saturated carbocycles. The molecule has 3 N–H and O–H groups in total. The van der Waals surface area contributed by atoms with Crippen molar-refractivity contribution in [1.29, 1.82) is 0 Å². The van der Waals surface area contributed by atoms with Gasteiger partial charge in [0, 0.05) is 11.8 Å². The Kier molecular flexibility index (Phi) is 5.95. The van der Waals surface area contributed by atoms with Gasteiger partial charge in [0.1, 0.15) is 24.1 Å². The second kappa shape index (κ2) is 8.99. The summed E-state index contributed by atoms with van der Waals surface area (Å²) in [6, 6.07) is 15.9. The molecule has 0 bridgehead atoms. The van der Waals surface area contributed by atoms with E-state index in [1.54, 1.807) is 22.7 Å². The number of pyridine rings is 1. The minimum Gasteiger partial charge on any atom is -0.480 e. The maximum absolute atomic E-state index is 12.8. The van der Waals surface area contributed by atoms with Crippen LogP contribution in [0.5, 0.6) is 0 Å². The van der Waals surface area contributed by atoms with Crippen LogP contribution in [-0.2, 0) is 14.3 Å². The van der Waals surface area contributed by atoms with Crippen molar-refractivity contribution in [3.63, 3.8) is 0 Å². The first kappa shape index (κ1) is 21.8. The lowest BCUT2D eigenvalue weighted by atomic mass is 10.1. The largest absolute Gasteiger partial charge is 0.480 e. The highest BCUT2D eigenvalue weighted by Gasteiger charge is 2.22. The molecule has 168 valence electrons. The van der Waals surface area contributed by atoms with Crippen molar-refractivity contribution in [2.75, 3.05) is 19.0 Å². The van der Waals surface area contributed by atoms with Gasteiger partial charge in [-0.05, 0) is 35.9 Å². The number of anilines is 1. The van der Waals surface area contributed by atoms with Gasteiger partial charge in [-0.2, -0.15) is 0 Å². The number of rotatable bonds is 7. The highest BCUT2D eigenvalue weighted by molar-refractivity contribution is 6.02. The summed E-state index contributed by atoms with van der Waals surface area (Å²) < 4.78 is 6.40. The van der Waals surface area contributed by atoms with Crippen LogP contribution in [0.15, 0.2) is 60.8 Å². The number of hydrogen-bond acceptors (Lipinski definition) is 6. The van der Waals surface area contributed by atoms with E-state index in [9.17, 15) is 14.4 Å². The number of carboxylic acids is 1. The number of nitrogens with zero attached hydrogens (tertiary/aromatic N) is 2. The summed E-state index contributed by atoms with van der Waals surface area (Å²) in [5, 5.41) is 16.7. The zero-order valence-electron chi connectivity index (χ0n) is 18.0. The van der Waals surface area contributed by atoms with E-state index >= 15 is 0 Å². The molecule has 0 aliphatic rings. The van der Waals surface area contributed by atoms with Crippen molar-refractivity contribution < 1.29 is 24.2 Å². The maximum atomic E-state index is 12.8. The van der Waals surface area contributed by atoms with E-state index in [0.29, 0.717) is 17.2 Å². The number of esters is 1. The Morgan fingerprint density at radius 3 is 2.58 bits per heavy atom. The molecule has 2 aromatic carbocycles. The third kappa shape index (κ3) is 4.33. The normalized spacial score (nSPS) is 11.8. The monoisotopic (exact) mass is 446 g/mol. The Hall–Kier alpha value is -4.40. The van der Waals surface area contributed by atoms with E-state index in [1.165, 1.54) is 14.0 Å². The smallest absolute Gasteiger partial charge is 0.325 e. The summed E-state index contributed by atoms with van der Waals surface area (Å²) in [5.41, 5.74) is 1.85. The van der Waals surface area contributed by atoms with Gasteiger partial charge >= 0.3 is 11.9 Å². The molecule has 33 heavy (non-hydrogen) atoms. The summed E-state index contributed by atoms with van der Waals surface area (Å²) in [6.07, 6.45) is 1.71. The van der Waals surface area contributed by atoms with Gasteiger partial charge in [-0.1, -0.05) is 36.4 Å². The molecule has 1 amide bonds. The van der Waals surface area contributed by atoms with Crippen molar-refractivity contribution in [1.82, 2.24) is 14.7 Å². The number of ether oxygens (including phenoxy) is 1. The Morgan fingerprint density at radius 1 is 1.09 bits per heavy atom. The molecular formula is C24H22N4O5. The first-order valence-electron chi connectivity index (χ1n) is 10.2. The fraction of sp³-hybridized carbons (Fsp3) is 0.167. The Labute approximate surface area is 189 Å². The topological polar surface area (TPSA) is 122 Å². The van der Waals surface area contributed by atoms with E-state index in [0.717, 1.165) is 16.3 Å². The average molecular weight is 446 g/mol. The van der Waals surface area contributed by atoms with Crippen LogP contribution < -0.4 is 10.6 Å². The maximum Gasteiger partial charge on any atom is 0.325 e. The third-order valence-corrected chi connectivity index (χ3v) is 5.26. The Morgan fingerprint density at radius 2 is 1.85 bits per heavy atom. The molecule has 2 heterocycles. The van der Waals surface area contributed by atoms with Crippen LogP contribution in [0.4, 0.5) is 5.82 Å². The lowest BCUT2D eigenvalue weighted by Gasteiger charge is -2.11. The molecule has 0 aliphatic carbocycles. The molecule has 9 heteroatoms. The second-order valence-corrected chi connectivity index (χ2v) is 7.45. The van der Waals surface area contributed by atoms with Crippen LogP contribution in [-0.4, -0.2) is 52.0 Å². The summed E-state index contributed by atoms with van der Waals surface area (Å²) in [4.78, 5) is 40.5. The summed E-state index contributed by atoms with van der Waals surface area (Å²) >= 11 is 0. The van der Waals surface area contributed by atoms with Crippen molar-refractivity contribution >= 4 is 40.1 Å². The molecule has 0 aliphatic heterocycles. The molecule has 4 aromatic rings. The van der Waals surface area contributed by atoms with Gasteiger partial charge < -0.3 is 20.5 Å². The van der Waals surface area contributed by atoms with E-state index in [1.807, 2.05) is 42.5 Å².